The van der Waals surface area contributed by atoms with Crippen LogP contribution in [0, 0.1) is 27.7 Å². The zero-order valence-electron chi connectivity index (χ0n) is 25.4. The summed E-state index contributed by atoms with van der Waals surface area (Å²) < 4.78 is 0. The first-order valence-electron chi connectivity index (χ1n) is 15.2. The van der Waals surface area contributed by atoms with E-state index in [4.69, 9.17) is 9.97 Å². The summed E-state index contributed by atoms with van der Waals surface area (Å²) >= 11 is 0. The van der Waals surface area contributed by atoms with Gasteiger partial charge in [-0.05, 0) is 106 Å². The van der Waals surface area contributed by atoms with E-state index in [-0.39, 0.29) is 0 Å². The Morgan fingerprint density at radius 1 is 0.432 bits per heavy atom. The Kier molecular flexibility index (Phi) is 6.06. The van der Waals surface area contributed by atoms with Gasteiger partial charge in [0.2, 0.25) is 0 Å². The molecule has 210 valence electrons. The molecule has 0 saturated heterocycles. The summed E-state index contributed by atoms with van der Waals surface area (Å²) in [6, 6.07) is 41.9. The molecule has 2 aromatic heterocycles. The fourth-order valence-corrected chi connectivity index (χ4v) is 6.65. The SMILES string of the molecule is Cc1cnc2c(ccc3c(C)c(C)c(-c4ccc5ccc(-c6ccc(-c7cccc8ccccc78)cc6)cc5c4)nc32)c1C. The zero-order valence-corrected chi connectivity index (χ0v) is 25.4. The van der Waals surface area contributed by atoms with Crippen molar-refractivity contribution in [1.29, 1.82) is 0 Å². The summed E-state index contributed by atoms with van der Waals surface area (Å²) in [5.41, 5.74) is 13.9. The van der Waals surface area contributed by atoms with Crippen molar-refractivity contribution < 1.29 is 0 Å². The third-order valence-corrected chi connectivity index (χ3v) is 9.51. The summed E-state index contributed by atoms with van der Waals surface area (Å²) in [6.45, 7) is 8.68. The number of hydrogen-bond acceptors (Lipinski definition) is 2. The van der Waals surface area contributed by atoms with Crippen LogP contribution in [0.4, 0.5) is 0 Å². The average molecular weight is 565 g/mol. The summed E-state index contributed by atoms with van der Waals surface area (Å²) in [7, 11) is 0. The van der Waals surface area contributed by atoms with Crippen molar-refractivity contribution in [3.63, 3.8) is 0 Å². The van der Waals surface area contributed by atoms with E-state index >= 15 is 0 Å². The van der Waals surface area contributed by atoms with E-state index < -0.39 is 0 Å². The van der Waals surface area contributed by atoms with Crippen LogP contribution in [0.1, 0.15) is 22.3 Å². The second kappa shape index (κ2) is 10.1. The van der Waals surface area contributed by atoms with Crippen LogP contribution in [-0.4, -0.2) is 9.97 Å². The van der Waals surface area contributed by atoms with Crippen LogP contribution in [0.2, 0.25) is 0 Å². The van der Waals surface area contributed by atoms with Gasteiger partial charge in [0.15, 0.2) is 0 Å². The third-order valence-electron chi connectivity index (χ3n) is 9.51. The first kappa shape index (κ1) is 26.3. The van der Waals surface area contributed by atoms with Gasteiger partial charge in [0, 0.05) is 22.5 Å². The molecule has 2 heteroatoms. The number of pyridine rings is 2. The number of fused-ring (bicyclic) bond motifs is 5. The second-order valence-electron chi connectivity index (χ2n) is 12.0. The quantitative estimate of drug-likeness (QED) is 0.199. The monoisotopic (exact) mass is 564 g/mol. The summed E-state index contributed by atoms with van der Waals surface area (Å²) in [5, 5.41) is 7.32. The molecule has 6 aromatic carbocycles. The van der Waals surface area contributed by atoms with E-state index in [1.54, 1.807) is 0 Å². The molecule has 0 atom stereocenters. The largest absolute Gasteiger partial charge is 0.254 e. The molecular weight excluding hydrogens is 532 g/mol. The van der Waals surface area contributed by atoms with Crippen LogP contribution in [0.25, 0.3) is 76.9 Å². The topological polar surface area (TPSA) is 25.8 Å². The van der Waals surface area contributed by atoms with Gasteiger partial charge in [-0.3, -0.25) is 4.98 Å². The van der Waals surface area contributed by atoms with Gasteiger partial charge in [-0.1, -0.05) is 103 Å². The molecule has 8 aromatic rings. The predicted octanol–water partition coefficient (Wildman–Crippen LogP) is 11.3. The molecule has 0 amide bonds. The Balaban J connectivity index is 1.21. The van der Waals surface area contributed by atoms with Crippen molar-refractivity contribution in [2.45, 2.75) is 27.7 Å². The third kappa shape index (κ3) is 4.18. The van der Waals surface area contributed by atoms with Gasteiger partial charge in [-0.15, -0.1) is 0 Å². The van der Waals surface area contributed by atoms with Gasteiger partial charge >= 0.3 is 0 Å². The van der Waals surface area contributed by atoms with Crippen molar-refractivity contribution in [2.75, 3.05) is 0 Å². The number of hydrogen-bond donors (Lipinski definition) is 0. The van der Waals surface area contributed by atoms with E-state index in [9.17, 15) is 0 Å². The predicted molar refractivity (Wildman–Crippen MR) is 187 cm³/mol. The molecule has 0 saturated carbocycles. The van der Waals surface area contributed by atoms with Crippen LogP contribution in [0.15, 0.2) is 121 Å². The smallest absolute Gasteiger partial charge is 0.0975 e. The Bertz CT molecular complexity index is 2410. The van der Waals surface area contributed by atoms with Gasteiger partial charge in [0.1, 0.15) is 0 Å². The molecular formula is C42H32N2. The molecule has 0 aliphatic heterocycles. The maximum Gasteiger partial charge on any atom is 0.0975 e. The second-order valence-corrected chi connectivity index (χ2v) is 12.0. The Morgan fingerprint density at radius 2 is 1.09 bits per heavy atom. The lowest BCUT2D eigenvalue weighted by atomic mass is 9.94. The molecule has 44 heavy (non-hydrogen) atoms. The minimum absolute atomic E-state index is 0.976. The van der Waals surface area contributed by atoms with Crippen LogP contribution in [-0.2, 0) is 0 Å². The van der Waals surface area contributed by atoms with Gasteiger partial charge in [-0.2, -0.15) is 0 Å². The van der Waals surface area contributed by atoms with Crippen molar-refractivity contribution >= 4 is 43.4 Å². The van der Waals surface area contributed by atoms with Crippen LogP contribution in [0.5, 0.6) is 0 Å². The molecule has 0 aliphatic carbocycles. The molecule has 8 rings (SSSR count). The Hall–Kier alpha value is -5.34. The highest BCUT2D eigenvalue weighted by Crippen LogP contribution is 2.36. The lowest BCUT2D eigenvalue weighted by molar-refractivity contribution is 1.25. The molecule has 0 radical (unpaired) electrons. The fourth-order valence-electron chi connectivity index (χ4n) is 6.65. The van der Waals surface area contributed by atoms with Crippen molar-refractivity contribution in [3.8, 4) is 33.5 Å². The molecule has 2 heterocycles. The van der Waals surface area contributed by atoms with Gasteiger partial charge in [-0.25, -0.2) is 4.98 Å². The van der Waals surface area contributed by atoms with Gasteiger partial charge in [0.05, 0.1) is 16.7 Å². The van der Waals surface area contributed by atoms with E-state index in [1.807, 2.05) is 6.20 Å². The van der Waals surface area contributed by atoms with E-state index in [2.05, 4.69) is 143 Å². The average Bonchev–Trinajstić information content (AvgIpc) is 3.07. The first-order chi connectivity index (χ1) is 21.5. The lowest BCUT2D eigenvalue weighted by Crippen LogP contribution is -1.97. The number of benzene rings is 6. The van der Waals surface area contributed by atoms with Crippen molar-refractivity contribution in [2.24, 2.45) is 0 Å². The van der Waals surface area contributed by atoms with Crippen molar-refractivity contribution in [1.82, 2.24) is 9.97 Å². The van der Waals surface area contributed by atoms with E-state index in [0.717, 1.165) is 22.3 Å². The van der Waals surface area contributed by atoms with E-state index in [0.29, 0.717) is 0 Å². The zero-order chi connectivity index (χ0) is 29.9. The van der Waals surface area contributed by atoms with Crippen LogP contribution < -0.4 is 0 Å². The Morgan fingerprint density at radius 3 is 1.91 bits per heavy atom. The summed E-state index contributed by atoms with van der Waals surface area (Å²) in [4.78, 5) is 10.1. The summed E-state index contributed by atoms with van der Waals surface area (Å²) in [6.07, 6.45) is 1.97. The minimum atomic E-state index is 0.976. The number of rotatable bonds is 3. The molecule has 0 bridgehead atoms. The number of aromatic nitrogens is 2. The highest BCUT2D eigenvalue weighted by molar-refractivity contribution is 6.06. The maximum absolute atomic E-state index is 5.29. The molecule has 0 fully saturated rings. The standard InChI is InChI=1S/C42H32N2/c1-25-24-43-41-36(26(25)2)20-21-37-27(3)28(4)40(44-42(37)41)34-19-15-30-14-18-33(22-35(30)23-34)29-12-16-32(17-13-29)39-11-7-9-31-8-5-6-10-38(31)39/h5-24H,1-4H3. The number of aryl methyl sites for hydroxylation is 3. The summed E-state index contributed by atoms with van der Waals surface area (Å²) in [5.74, 6) is 0. The highest BCUT2D eigenvalue weighted by Gasteiger charge is 2.15. The van der Waals surface area contributed by atoms with Gasteiger partial charge in [0.25, 0.3) is 0 Å². The maximum atomic E-state index is 5.29. The highest BCUT2D eigenvalue weighted by atomic mass is 14.8. The van der Waals surface area contributed by atoms with Crippen LogP contribution in [0.3, 0.4) is 0 Å². The van der Waals surface area contributed by atoms with E-state index in [1.165, 1.54) is 76.8 Å². The first-order valence-corrected chi connectivity index (χ1v) is 15.2. The minimum Gasteiger partial charge on any atom is -0.254 e. The van der Waals surface area contributed by atoms with Crippen LogP contribution >= 0.6 is 0 Å². The molecule has 0 spiro atoms. The molecule has 0 aliphatic rings. The fraction of sp³-hybridized carbons (Fsp3) is 0.0952. The normalized spacial score (nSPS) is 11.6. The van der Waals surface area contributed by atoms with Gasteiger partial charge < -0.3 is 0 Å². The molecule has 0 N–H and O–H groups in total. The Labute approximate surface area is 257 Å². The lowest BCUT2D eigenvalue weighted by Gasteiger charge is -2.15. The molecule has 0 unspecified atom stereocenters. The van der Waals surface area contributed by atoms with Crippen molar-refractivity contribution in [3.05, 3.63) is 144 Å². The molecule has 2 nitrogen and oxygen atoms in total. The number of nitrogens with zero attached hydrogens (tertiary/aromatic N) is 2.